The molecule has 2 aromatic rings. The molecule has 1 aromatic heterocycles. The number of nitrogens with zero attached hydrogens (tertiary/aromatic N) is 3. The molecule has 0 saturated carbocycles. The van der Waals surface area contributed by atoms with E-state index in [2.05, 4.69) is 20.1 Å². The van der Waals surface area contributed by atoms with Crippen LogP contribution in [0.25, 0.3) is 0 Å². The van der Waals surface area contributed by atoms with Gasteiger partial charge in [0.05, 0.1) is 18.5 Å². The summed E-state index contributed by atoms with van der Waals surface area (Å²) >= 11 is 1.05. The molecule has 0 unspecified atom stereocenters. The molecule has 0 saturated heterocycles. The third kappa shape index (κ3) is 3.61. The van der Waals surface area contributed by atoms with Gasteiger partial charge in [0.25, 0.3) is 5.91 Å². The first kappa shape index (κ1) is 14.1. The zero-order valence-electron chi connectivity index (χ0n) is 11.2. The standard InChI is InChI=1S/C13H14N4O2S/c1-3-19-11-6-4-10(5-7-11)8-14-16-13(18)12-9(2)15-17-20-12/h4-8H,3H2,1-2H3,(H,16,18)/b14-8-. The molecule has 0 aliphatic carbocycles. The summed E-state index contributed by atoms with van der Waals surface area (Å²) in [5.74, 6) is 0.500. The van der Waals surface area contributed by atoms with Crippen LogP contribution in [0.5, 0.6) is 5.75 Å². The number of nitrogens with one attached hydrogen (secondary N) is 1. The lowest BCUT2D eigenvalue weighted by molar-refractivity contribution is 0.0958. The molecular weight excluding hydrogens is 276 g/mol. The van der Waals surface area contributed by atoms with Gasteiger partial charge in [-0.1, -0.05) is 4.49 Å². The van der Waals surface area contributed by atoms with Gasteiger partial charge in [-0.3, -0.25) is 4.79 Å². The van der Waals surface area contributed by atoms with Gasteiger partial charge in [0, 0.05) is 0 Å². The van der Waals surface area contributed by atoms with Crippen molar-refractivity contribution < 1.29 is 9.53 Å². The van der Waals surface area contributed by atoms with Crippen molar-refractivity contribution in [3.8, 4) is 5.75 Å². The van der Waals surface area contributed by atoms with Gasteiger partial charge in [-0.05, 0) is 55.2 Å². The van der Waals surface area contributed by atoms with Gasteiger partial charge in [0.15, 0.2) is 0 Å². The van der Waals surface area contributed by atoms with Crippen molar-refractivity contribution >= 4 is 23.7 Å². The highest BCUT2D eigenvalue weighted by Crippen LogP contribution is 2.11. The Bertz CT molecular complexity index is 607. The van der Waals surface area contributed by atoms with E-state index in [4.69, 9.17) is 4.74 Å². The van der Waals surface area contributed by atoms with Crippen LogP contribution >= 0.6 is 11.5 Å². The minimum Gasteiger partial charge on any atom is -0.494 e. The lowest BCUT2D eigenvalue weighted by Gasteiger charge is -2.02. The fourth-order valence-corrected chi connectivity index (χ4v) is 2.02. The average molecular weight is 290 g/mol. The Kier molecular flexibility index (Phi) is 4.78. The third-order valence-electron chi connectivity index (χ3n) is 2.43. The summed E-state index contributed by atoms with van der Waals surface area (Å²) in [6, 6.07) is 7.42. The SMILES string of the molecule is CCOc1ccc(/C=N\NC(=O)c2snnc2C)cc1. The number of aromatic nitrogens is 2. The molecule has 6 nitrogen and oxygen atoms in total. The van der Waals surface area contributed by atoms with Crippen LogP contribution in [0.3, 0.4) is 0 Å². The van der Waals surface area contributed by atoms with Crippen LogP contribution in [-0.2, 0) is 0 Å². The van der Waals surface area contributed by atoms with Crippen molar-refractivity contribution in [3.63, 3.8) is 0 Å². The number of amides is 1. The van der Waals surface area contributed by atoms with E-state index in [1.807, 2.05) is 31.2 Å². The van der Waals surface area contributed by atoms with Crippen LogP contribution in [0, 0.1) is 6.92 Å². The molecule has 0 bridgehead atoms. The molecule has 104 valence electrons. The normalized spacial score (nSPS) is 10.7. The zero-order chi connectivity index (χ0) is 14.4. The predicted octanol–water partition coefficient (Wildman–Crippen LogP) is 2.01. The lowest BCUT2D eigenvalue weighted by atomic mass is 10.2. The Morgan fingerprint density at radius 1 is 1.45 bits per heavy atom. The summed E-state index contributed by atoms with van der Waals surface area (Å²) in [4.78, 5) is 12.2. The molecule has 1 aromatic carbocycles. The molecule has 0 fully saturated rings. The number of rotatable bonds is 5. The maximum atomic E-state index is 11.7. The van der Waals surface area contributed by atoms with Gasteiger partial charge in [-0.15, -0.1) is 5.10 Å². The number of aryl methyl sites for hydroxylation is 1. The fraction of sp³-hybridized carbons (Fsp3) is 0.231. The van der Waals surface area contributed by atoms with E-state index < -0.39 is 0 Å². The minimum atomic E-state index is -0.306. The molecule has 1 amide bonds. The van der Waals surface area contributed by atoms with Gasteiger partial charge in [-0.25, -0.2) is 5.43 Å². The quantitative estimate of drug-likeness (QED) is 0.675. The van der Waals surface area contributed by atoms with Crippen LogP contribution in [0.4, 0.5) is 0 Å². The number of benzene rings is 1. The molecule has 0 aliphatic rings. The first-order valence-corrected chi connectivity index (χ1v) is 6.83. The number of hydrogen-bond acceptors (Lipinski definition) is 6. The van der Waals surface area contributed by atoms with Crippen molar-refractivity contribution in [2.75, 3.05) is 6.61 Å². The molecule has 0 aliphatic heterocycles. The highest BCUT2D eigenvalue weighted by Gasteiger charge is 2.11. The highest BCUT2D eigenvalue weighted by molar-refractivity contribution is 7.07. The van der Waals surface area contributed by atoms with E-state index in [1.165, 1.54) is 0 Å². The van der Waals surface area contributed by atoms with E-state index in [0.29, 0.717) is 17.2 Å². The summed E-state index contributed by atoms with van der Waals surface area (Å²) in [6.45, 7) is 4.29. The molecule has 1 heterocycles. The molecular formula is C13H14N4O2S. The summed E-state index contributed by atoms with van der Waals surface area (Å²) < 4.78 is 9.04. The van der Waals surface area contributed by atoms with Crippen LogP contribution in [-0.4, -0.2) is 28.3 Å². The van der Waals surface area contributed by atoms with E-state index in [-0.39, 0.29) is 5.91 Å². The van der Waals surface area contributed by atoms with Crippen molar-refractivity contribution in [1.29, 1.82) is 0 Å². The molecule has 20 heavy (non-hydrogen) atoms. The lowest BCUT2D eigenvalue weighted by Crippen LogP contribution is -2.17. The van der Waals surface area contributed by atoms with Crippen LogP contribution in [0.2, 0.25) is 0 Å². The molecule has 0 radical (unpaired) electrons. The second kappa shape index (κ2) is 6.76. The second-order valence-electron chi connectivity index (χ2n) is 3.89. The molecule has 2 rings (SSSR count). The molecule has 0 atom stereocenters. The highest BCUT2D eigenvalue weighted by atomic mass is 32.1. The van der Waals surface area contributed by atoms with Gasteiger partial charge >= 0.3 is 0 Å². The average Bonchev–Trinajstić information content (AvgIpc) is 2.87. The number of hydrazone groups is 1. The van der Waals surface area contributed by atoms with Crippen molar-refractivity contribution in [1.82, 2.24) is 15.0 Å². The van der Waals surface area contributed by atoms with Crippen molar-refractivity contribution in [3.05, 3.63) is 40.4 Å². The van der Waals surface area contributed by atoms with E-state index in [1.54, 1.807) is 13.1 Å². The maximum Gasteiger partial charge on any atom is 0.285 e. The Balaban J connectivity index is 1.93. The number of carbonyl (C=O) groups is 1. The number of hydrogen-bond donors (Lipinski definition) is 1. The van der Waals surface area contributed by atoms with E-state index >= 15 is 0 Å². The van der Waals surface area contributed by atoms with E-state index in [9.17, 15) is 4.79 Å². The summed E-state index contributed by atoms with van der Waals surface area (Å²) in [6.07, 6.45) is 1.57. The van der Waals surface area contributed by atoms with Crippen LogP contribution < -0.4 is 10.2 Å². The number of ether oxygens (including phenoxy) is 1. The van der Waals surface area contributed by atoms with Crippen LogP contribution in [0.15, 0.2) is 29.4 Å². The molecule has 1 N–H and O–H groups in total. The van der Waals surface area contributed by atoms with Gasteiger partial charge in [-0.2, -0.15) is 5.10 Å². The second-order valence-corrected chi connectivity index (χ2v) is 4.64. The first-order chi connectivity index (χ1) is 9.70. The fourth-order valence-electron chi connectivity index (χ4n) is 1.47. The van der Waals surface area contributed by atoms with Crippen molar-refractivity contribution in [2.45, 2.75) is 13.8 Å². The Hall–Kier alpha value is -2.28. The maximum absolute atomic E-state index is 11.7. The largest absolute Gasteiger partial charge is 0.494 e. The minimum absolute atomic E-state index is 0.306. The monoisotopic (exact) mass is 290 g/mol. The summed E-state index contributed by atoms with van der Waals surface area (Å²) in [5, 5.41) is 7.67. The summed E-state index contributed by atoms with van der Waals surface area (Å²) in [7, 11) is 0. The zero-order valence-corrected chi connectivity index (χ0v) is 12.0. The van der Waals surface area contributed by atoms with Gasteiger partial charge in [0.1, 0.15) is 10.6 Å². The first-order valence-electron chi connectivity index (χ1n) is 6.06. The molecule has 7 heteroatoms. The Labute approximate surface area is 120 Å². The molecule has 0 spiro atoms. The topological polar surface area (TPSA) is 76.5 Å². The Morgan fingerprint density at radius 3 is 2.80 bits per heavy atom. The third-order valence-corrected chi connectivity index (χ3v) is 3.26. The predicted molar refractivity (Wildman–Crippen MR) is 77.3 cm³/mol. The van der Waals surface area contributed by atoms with Crippen LogP contribution in [0.1, 0.15) is 27.9 Å². The number of carbonyl (C=O) groups excluding carboxylic acids is 1. The van der Waals surface area contributed by atoms with E-state index in [0.717, 1.165) is 22.8 Å². The Morgan fingerprint density at radius 2 is 2.20 bits per heavy atom. The van der Waals surface area contributed by atoms with Gasteiger partial charge < -0.3 is 4.74 Å². The summed E-state index contributed by atoms with van der Waals surface area (Å²) in [5.41, 5.74) is 3.91. The smallest absolute Gasteiger partial charge is 0.285 e. The van der Waals surface area contributed by atoms with Crippen molar-refractivity contribution in [2.24, 2.45) is 5.10 Å². The van der Waals surface area contributed by atoms with Gasteiger partial charge in [0.2, 0.25) is 0 Å².